The smallest absolute Gasteiger partial charge is 0.261 e. The SMILES string of the molecule is C[C@@H]1CN(c2c(CO[Si](c3ccccc3)(c3ccccc3)C(C)(C)C)cc(-c3nccnc3Cl)c(F)c2F)C[C@H](C)O1. The topological polar surface area (TPSA) is 47.5 Å². The molecule has 0 bridgehead atoms. The van der Waals surface area contributed by atoms with Crippen LogP contribution in [0.3, 0.4) is 0 Å². The van der Waals surface area contributed by atoms with Crippen LogP contribution >= 0.6 is 11.6 Å². The zero-order chi connectivity index (χ0) is 30.1. The quantitative estimate of drug-likeness (QED) is 0.217. The Hall–Kier alpha value is -3.17. The van der Waals surface area contributed by atoms with Crippen LogP contribution in [0.15, 0.2) is 79.1 Å². The van der Waals surface area contributed by atoms with Crippen molar-refractivity contribution >= 4 is 36.0 Å². The van der Waals surface area contributed by atoms with Gasteiger partial charge >= 0.3 is 0 Å². The molecular weight excluding hydrogens is 572 g/mol. The lowest BCUT2D eigenvalue weighted by molar-refractivity contribution is -0.00552. The zero-order valence-corrected chi connectivity index (χ0v) is 26.3. The standard InChI is InChI=1S/C33H36ClF2N3O2Si/c1-22-19-39(20-23(2)41-22)31-24(18-27(28(35)29(31)36)30-32(34)38-17-16-37-30)21-40-42(33(3,4)5,25-12-8-6-9-13-25)26-14-10-7-11-15-26/h6-18,22-23H,19-21H2,1-5H3/t22-,23+. The molecule has 3 aromatic carbocycles. The molecule has 1 aliphatic rings. The Balaban J connectivity index is 1.70. The summed E-state index contributed by atoms with van der Waals surface area (Å²) in [5, 5.41) is 1.89. The fourth-order valence-corrected chi connectivity index (χ4v) is 10.8. The number of rotatable bonds is 7. The molecule has 0 aliphatic carbocycles. The summed E-state index contributed by atoms with van der Waals surface area (Å²) in [5.41, 5.74) is 0.721. The van der Waals surface area contributed by atoms with E-state index in [1.165, 1.54) is 12.4 Å². The second kappa shape index (κ2) is 12.2. The molecule has 2 heterocycles. The molecule has 5 rings (SSSR count). The van der Waals surface area contributed by atoms with Gasteiger partial charge in [0, 0.05) is 36.6 Å². The monoisotopic (exact) mass is 607 g/mol. The molecule has 5 nitrogen and oxygen atoms in total. The molecule has 0 spiro atoms. The summed E-state index contributed by atoms with van der Waals surface area (Å²) in [6.45, 7) is 11.3. The summed E-state index contributed by atoms with van der Waals surface area (Å²) >= 11 is 6.32. The summed E-state index contributed by atoms with van der Waals surface area (Å²) in [7, 11) is -2.98. The van der Waals surface area contributed by atoms with Gasteiger partial charge in [-0.15, -0.1) is 0 Å². The highest BCUT2D eigenvalue weighted by Crippen LogP contribution is 2.40. The summed E-state index contributed by atoms with van der Waals surface area (Å²) in [6, 6.07) is 22.1. The second-order valence-corrected chi connectivity index (χ2v) is 16.5. The number of benzene rings is 3. The van der Waals surface area contributed by atoms with Crippen LogP contribution in [0.1, 0.15) is 40.2 Å². The first-order chi connectivity index (χ1) is 20.0. The number of halogens is 3. The summed E-state index contributed by atoms with van der Waals surface area (Å²) in [6.07, 6.45) is 2.51. The summed E-state index contributed by atoms with van der Waals surface area (Å²) < 4.78 is 45.2. The van der Waals surface area contributed by atoms with Crippen molar-refractivity contribution in [1.29, 1.82) is 0 Å². The maximum atomic E-state index is 16.3. The Morgan fingerprint density at radius 2 is 1.45 bits per heavy atom. The van der Waals surface area contributed by atoms with Gasteiger partial charge < -0.3 is 14.1 Å². The minimum absolute atomic E-state index is 0.00369. The van der Waals surface area contributed by atoms with E-state index in [1.807, 2.05) is 55.1 Å². The molecule has 220 valence electrons. The molecule has 0 unspecified atom stereocenters. The normalized spacial score (nSPS) is 17.9. The Morgan fingerprint density at radius 3 is 1.98 bits per heavy atom. The lowest BCUT2D eigenvalue weighted by Crippen LogP contribution is -2.66. The molecule has 1 aromatic heterocycles. The van der Waals surface area contributed by atoms with Crippen LogP contribution in [0, 0.1) is 11.6 Å². The molecule has 9 heteroatoms. The summed E-state index contributed by atoms with van der Waals surface area (Å²) in [5.74, 6) is -1.98. The maximum Gasteiger partial charge on any atom is 0.261 e. The highest BCUT2D eigenvalue weighted by molar-refractivity contribution is 6.99. The largest absolute Gasteiger partial charge is 0.403 e. The van der Waals surface area contributed by atoms with Gasteiger partial charge in [-0.25, -0.2) is 13.8 Å². The number of ether oxygens (including phenoxy) is 1. The van der Waals surface area contributed by atoms with Crippen LogP contribution in [0.5, 0.6) is 0 Å². The average Bonchev–Trinajstić information content (AvgIpc) is 2.95. The van der Waals surface area contributed by atoms with E-state index in [9.17, 15) is 0 Å². The van der Waals surface area contributed by atoms with Crippen LogP contribution < -0.4 is 15.3 Å². The number of anilines is 1. The average molecular weight is 608 g/mol. The van der Waals surface area contributed by atoms with E-state index in [-0.39, 0.29) is 46.0 Å². The molecule has 0 N–H and O–H groups in total. The van der Waals surface area contributed by atoms with E-state index in [1.54, 1.807) is 6.07 Å². The van der Waals surface area contributed by atoms with E-state index in [4.69, 9.17) is 20.8 Å². The lowest BCUT2D eigenvalue weighted by Gasteiger charge is -2.43. The van der Waals surface area contributed by atoms with Gasteiger partial charge in [0.2, 0.25) is 0 Å². The Kier molecular flexibility index (Phi) is 8.80. The Labute approximate surface area is 252 Å². The highest BCUT2D eigenvalue weighted by atomic mass is 35.5. The van der Waals surface area contributed by atoms with Gasteiger partial charge in [0.05, 0.1) is 24.5 Å². The van der Waals surface area contributed by atoms with Crippen LogP contribution in [0.2, 0.25) is 10.2 Å². The lowest BCUT2D eigenvalue weighted by atomic mass is 10.0. The summed E-state index contributed by atoms with van der Waals surface area (Å²) in [4.78, 5) is 10.1. The van der Waals surface area contributed by atoms with Crippen molar-refractivity contribution in [2.45, 2.75) is 58.5 Å². The van der Waals surface area contributed by atoms with E-state index in [0.29, 0.717) is 18.7 Å². The van der Waals surface area contributed by atoms with E-state index in [2.05, 4.69) is 55.0 Å². The van der Waals surface area contributed by atoms with Crippen molar-refractivity contribution < 1.29 is 17.9 Å². The van der Waals surface area contributed by atoms with Gasteiger partial charge in [0.1, 0.15) is 5.69 Å². The zero-order valence-electron chi connectivity index (χ0n) is 24.6. The minimum atomic E-state index is -2.98. The third-order valence-electron chi connectivity index (χ3n) is 7.77. The second-order valence-electron chi connectivity index (χ2n) is 11.9. The fraction of sp³-hybridized carbons (Fsp3) is 0.333. The molecule has 0 amide bonds. The molecule has 4 aromatic rings. The first-order valence-electron chi connectivity index (χ1n) is 14.2. The predicted molar refractivity (Wildman–Crippen MR) is 167 cm³/mol. The molecule has 42 heavy (non-hydrogen) atoms. The van der Waals surface area contributed by atoms with Gasteiger partial charge in [-0.2, -0.15) is 0 Å². The van der Waals surface area contributed by atoms with Crippen molar-refractivity contribution in [3.05, 3.63) is 101 Å². The molecule has 0 radical (unpaired) electrons. The number of morpholine rings is 1. The fourth-order valence-electron chi connectivity index (χ4n) is 6.10. The highest BCUT2D eigenvalue weighted by Gasteiger charge is 2.50. The molecule has 0 saturated carbocycles. The number of hydrogen-bond acceptors (Lipinski definition) is 5. The van der Waals surface area contributed by atoms with Crippen molar-refractivity contribution in [3.63, 3.8) is 0 Å². The van der Waals surface area contributed by atoms with Crippen LogP contribution in [0.25, 0.3) is 11.3 Å². The van der Waals surface area contributed by atoms with Gasteiger partial charge in [0.15, 0.2) is 16.8 Å². The van der Waals surface area contributed by atoms with Crippen molar-refractivity contribution in [1.82, 2.24) is 9.97 Å². The molecule has 2 atom stereocenters. The third kappa shape index (κ3) is 5.73. The molecular formula is C33H36ClF2N3O2Si. The predicted octanol–water partition coefficient (Wildman–Crippen LogP) is 6.77. The van der Waals surface area contributed by atoms with Gasteiger partial charge in [-0.3, -0.25) is 4.98 Å². The molecule has 1 saturated heterocycles. The van der Waals surface area contributed by atoms with Crippen LogP contribution in [0.4, 0.5) is 14.5 Å². The van der Waals surface area contributed by atoms with E-state index < -0.39 is 20.0 Å². The Morgan fingerprint density at radius 1 is 0.905 bits per heavy atom. The molecule has 1 fully saturated rings. The van der Waals surface area contributed by atoms with Crippen molar-refractivity contribution in [3.8, 4) is 11.3 Å². The number of hydrogen-bond donors (Lipinski definition) is 0. The number of aromatic nitrogens is 2. The van der Waals surface area contributed by atoms with E-state index >= 15 is 8.78 Å². The minimum Gasteiger partial charge on any atom is -0.403 e. The van der Waals surface area contributed by atoms with Crippen LogP contribution in [-0.4, -0.2) is 43.6 Å². The molecule has 1 aliphatic heterocycles. The van der Waals surface area contributed by atoms with Crippen molar-refractivity contribution in [2.75, 3.05) is 18.0 Å². The maximum absolute atomic E-state index is 16.3. The van der Waals surface area contributed by atoms with Gasteiger partial charge in [0.25, 0.3) is 8.32 Å². The van der Waals surface area contributed by atoms with Crippen molar-refractivity contribution in [2.24, 2.45) is 0 Å². The van der Waals surface area contributed by atoms with Gasteiger partial charge in [-0.05, 0) is 35.3 Å². The first kappa shape index (κ1) is 30.3. The van der Waals surface area contributed by atoms with E-state index in [0.717, 1.165) is 10.4 Å². The van der Waals surface area contributed by atoms with Gasteiger partial charge in [-0.1, -0.05) is 93.0 Å². The third-order valence-corrected chi connectivity index (χ3v) is 13.0. The number of nitrogens with zero attached hydrogens (tertiary/aromatic N) is 3. The Bertz CT molecular complexity index is 1490. The first-order valence-corrected chi connectivity index (χ1v) is 16.4. The van der Waals surface area contributed by atoms with Crippen LogP contribution in [-0.2, 0) is 15.8 Å².